The number of hydrazine groups is 1. The zero-order valence-electron chi connectivity index (χ0n) is 18.7. The fourth-order valence-electron chi connectivity index (χ4n) is 3.06. The van der Waals surface area contributed by atoms with Crippen molar-refractivity contribution in [1.29, 1.82) is 0 Å². The first kappa shape index (κ1) is 24.0. The fourth-order valence-corrected chi connectivity index (χ4v) is 3.19. The van der Waals surface area contributed by atoms with Crippen LogP contribution in [0, 0.1) is 0 Å². The Balaban J connectivity index is 1.51. The lowest BCUT2D eigenvalue weighted by Crippen LogP contribution is -2.42. The second-order valence-electron chi connectivity index (χ2n) is 8.66. The molecular formula is C26H26ClN3O3. The number of nitrogens with one attached hydrogen (secondary N) is 3. The van der Waals surface area contributed by atoms with Crippen LogP contribution in [0.15, 0.2) is 72.8 Å². The highest BCUT2D eigenvalue weighted by Crippen LogP contribution is 2.22. The largest absolute Gasteiger partial charge is 0.322 e. The molecular weight excluding hydrogens is 438 g/mol. The summed E-state index contributed by atoms with van der Waals surface area (Å²) in [6.07, 6.45) is 0.110. The lowest BCUT2D eigenvalue weighted by Gasteiger charge is -2.19. The highest BCUT2D eigenvalue weighted by molar-refractivity contribution is 6.30. The lowest BCUT2D eigenvalue weighted by atomic mass is 9.87. The van der Waals surface area contributed by atoms with E-state index in [0.717, 1.165) is 11.1 Å². The van der Waals surface area contributed by atoms with Gasteiger partial charge >= 0.3 is 0 Å². The van der Waals surface area contributed by atoms with E-state index in [1.54, 1.807) is 60.7 Å². The first-order chi connectivity index (χ1) is 15.6. The van der Waals surface area contributed by atoms with Crippen LogP contribution in [-0.4, -0.2) is 17.7 Å². The van der Waals surface area contributed by atoms with Crippen LogP contribution in [0.5, 0.6) is 0 Å². The molecule has 0 heterocycles. The Morgan fingerprint density at radius 3 is 1.85 bits per heavy atom. The number of halogens is 1. The summed E-state index contributed by atoms with van der Waals surface area (Å²) in [5.74, 6) is -1.05. The minimum Gasteiger partial charge on any atom is -0.322 e. The summed E-state index contributed by atoms with van der Waals surface area (Å²) >= 11 is 5.83. The molecule has 0 radical (unpaired) electrons. The van der Waals surface area contributed by atoms with Crippen molar-refractivity contribution in [3.63, 3.8) is 0 Å². The summed E-state index contributed by atoms with van der Waals surface area (Å²) in [6.45, 7) is 6.35. The monoisotopic (exact) mass is 463 g/mol. The normalized spacial score (nSPS) is 10.9. The van der Waals surface area contributed by atoms with E-state index >= 15 is 0 Å². The number of amides is 3. The third kappa shape index (κ3) is 6.92. The van der Waals surface area contributed by atoms with Crippen LogP contribution >= 0.6 is 11.6 Å². The van der Waals surface area contributed by atoms with Gasteiger partial charge in [-0.3, -0.25) is 25.2 Å². The molecule has 6 nitrogen and oxygen atoms in total. The molecule has 0 saturated heterocycles. The number of carbonyl (C=O) groups is 3. The molecule has 3 rings (SSSR count). The topological polar surface area (TPSA) is 87.3 Å². The Morgan fingerprint density at radius 2 is 1.27 bits per heavy atom. The second kappa shape index (κ2) is 10.3. The molecule has 170 valence electrons. The van der Waals surface area contributed by atoms with Gasteiger partial charge in [0.2, 0.25) is 5.91 Å². The van der Waals surface area contributed by atoms with Crippen LogP contribution in [0.4, 0.5) is 5.69 Å². The van der Waals surface area contributed by atoms with E-state index in [0.29, 0.717) is 21.8 Å². The fraction of sp³-hybridized carbons (Fsp3) is 0.192. The maximum Gasteiger partial charge on any atom is 0.269 e. The number of anilines is 1. The predicted molar refractivity (Wildman–Crippen MR) is 130 cm³/mol. The minimum absolute atomic E-state index is 0.0146. The standard InChI is InChI=1S/C26H26ClN3O3/c1-26(2,3)20-10-6-18(7-11-20)24(32)28-22-14-8-19(9-15-22)25(33)30-29-23(31)16-17-4-12-21(27)13-5-17/h4-15H,16H2,1-3H3,(H,28,32)(H,29,31)(H,30,33). The van der Waals surface area contributed by atoms with Gasteiger partial charge in [-0.1, -0.05) is 56.6 Å². The molecule has 0 fully saturated rings. The molecule has 7 heteroatoms. The molecule has 0 spiro atoms. The van der Waals surface area contributed by atoms with Crippen LogP contribution in [0.3, 0.4) is 0 Å². The molecule has 0 saturated carbocycles. The minimum atomic E-state index is -0.463. The number of rotatable bonds is 5. The first-order valence-corrected chi connectivity index (χ1v) is 10.9. The van der Waals surface area contributed by atoms with E-state index in [4.69, 9.17) is 11.6 Å². The summed E-state index contributed by atoms with van der Waals surface area (Å²) < 4.78 is 0. The van der Waals surface area contributed by atoms with Crippen molar-refractivity contribution in [3.8, 4) is 0 Å². The summed E-state index contributed by atoms with van der Waals surface area (Å²) in [5, 5.41) is 3.40. The highest BCUT2D eigenvalue weighted by Gasteiger charge is 2.15. The van der Waals surface area contributed by atoms with Gasteiger partial charge in [0, 0.05) is 21.8 Å². The van der Waals surface area contributed by atoms with Gasteiger partial charge in [0.1, 0.15) is 0 Å². The zero-order chi connectivity index (χ0) is 24.0. The van der Waals surface area contributed by atoms with Gasteiger partial charge < -0.3 is 5.32 Å². The van der Waals surface area contributed by atoms with E-state index < -0.39 is 5.91 Å². The quantitative estimate of drug-likeness (QED) is 0.470. The molecule has 0 aliphatic heterocycles. The number of hydrogen-bond donors (Lipinski definition) is 3. The molecule has 3 aromatic carbocycles. The van der Waals surface area contributed by atoms with Gasteiger partial charge in [0.25, 0.3) is 11.8 Å². The molecule has 0 aliphatic carbocycles. The molecule has 0 unspecified atom stereocenters. The highest BCUT2D eigenvalue weighted by atomic mass is 35.5. The molecule has 0 aliphatic rings. The van der Waals surface area contributed by atoms with E-state index in [1.165, 1.54) is 0 Å². The number of hydrogen-bond acceptors (Lipinski definition) is 3. The summed E-state index contributed by atoms with van der Waals surface area (Å²) in [6, 6.07) is 20.8. The van der Waals surface area contributed by atoms with Gasteiger partial charge in [-0.25, -0.2) is 0 Å². The van der Waals surface area contributed by atoms with Gasteiger partial charge in [0.15, 0.2) is 0 Å². The third-order valence-electron chi connectivity index (χ3n) is 5.01. The van der Waals surface area contributed by atoms with Crippen molar-refractivity contribution >= 4 is 35.0 Å². The van der Waals surface area contributed by atoms with Crippen LogP contribution in [0.2, 0.25) is 5.02 Å². The molecule has 3 aromatic rings. The van der Waals surface area contributed by atoms with Crippen LogP contribution in [0.1, 0.15) is 52.6 Å². The van der Waals surface area contributed by atoms with Crippen molar-refractivity contribution in [1.82, 2.24) is 10.9 Å². The average Bonchev–Trinajstić information content (AvgIpc) is 2.79. The zero-order valence-corrected chi connectivity index (χ0v) is 19.5. The maximum absolute atomic E-state index is 12.5. The molecule has 0 bridgehead atoms. The van der Waals surface area contributed by atoms with E-state index in [-0.39, 0.29) is 23.7 Å². The lowest BCUT2D eigenvalue weighted by molar-refractivity contribution is -0.121. The number of carbonyl (C=O) groups excluding carboxylic acids is 3. The SMILES string of the molecule is CC(C)(C)c1ccc(C(=O)Nc2ccc(C(=O)NNC(=O)Cc3ccc(Cl)cc3)cc2)cc1. The maximum atomic E-state index is 12.5. The van der Waals surface area contributed by atoms with E-state index in [9.17, 15) is 14.4 Å². The molecule has 0 atom stereocenters. The van der Waals surface area contributed by atoms with Crippen molar-refractivity contribution in [2.45, 2.75) is 32.6 Å². The second-order valence-corrected chi connectivity index (χ2v) is 9.10. The molecule has 3 amide bonds. The van der Waals surface area contributed by atoms with Gasteiger partial charge in [-0.2, -0.15) is 0 Å². The van der Waals surface area contributed by atoms with Crippen molar-refractivity contribution in [3.05, 3.63) is 100 Å². The van der Waals surface area contributed by atoms with Crippen molar-refractivity contribution < 1.29 is 14.4 Å². The average molecular weight is 464 g/mol. The predicted octanol–water partition coefficient (Wildman–Crippen LogP) is 4.89. The Hall–Kier alpha value is -3.64. The van der Waals surface area contributed by atoms with Crippen molar-refractivity contribution in [2.24, 2.45) is 0 Å². The Bertz CT molecular complexity index is 1130. The van der Waals surface area contributed by atoms with Crippen LogP contribution in [0.25, 0.3) is 0 Å². The Kier molecular flexibility index (Phi) is 7.51. The molecule has 0 aromatic heterocycles. The van der Waals surface area contributed by atoms with Crippen LogP contribution < -0.4 is 16.2 Å². The van der Waals surface area contributed by atoms with E-state index in [1.807, 2.05) is 12.1 Å². The Morgan fingerprint density at radius 1 is 0.727 bits per heavy atom. The molecule has 3 N–H and O–H groups in total. The summed E-state index contributed by atoms with van der Waals surface area (Å²) in [5.41, 5.74) is 8.16. The van der Waals surface area contributed by atoms with Crippen LogP contribution in [-0.2, 0) is 16.6 Å². The molecule has 33 heavy (non-hydrogen) atoms. The summed E-state index contributed by atoms with van der Waals surface area (Å²) in [7, 11) is 0. The van der Waals surface area contributed by atoms with Gasteiger partial charge in [-0.05, 0) is 65.1 Å². The number of benzene rings is 3. The smallest absolute Gasteiger partial charge is 0.269 e. The van der Waals surface area contributed by atoms with Crippen molar-refractivity contribution in [2.75, 3.05) is 5.32 Å². The third-order valence-corrected chi connectivity index (χ3v) is 5.26. The summed E-state index contributed by atoms with van der Waals surface area (Å²) in [4.78, 5) is 36.8. The Labute approximate surface area is 198 Å². The van der Waals surface area contributed by atoms with E-state index in [2.05, 4.69) is 36.9 Å². The van der Waals surface area contributed by atoms with Gasteiger partial charge in [0.05, 0.1) is 6.42 Å². The first-order valence-electron chi connectivity index (χ1n) is 10.5. The van der Waals surface area contributed by atoms with Gasteiger partial charge in [-0.15, -0.1) is 0 Å².